The summed E-state index contributed by atoms with van der Waals surface area (Å²) in [7, 11) is 0. The summed E-state index contributed by atoms with van der Waals surface area (Å²) in [5.41, 5.74) is 5.61. The molecule has 4 nitrogen and oxygen atoms in total. The third kappa shape index (κ3) is 2.80. The van der Waals surface area contributed by atoms with Crippen LogP contribution in [0.2, 0.25) is 0 Å². The molecule has 0 aromatic carbocycles. The zero-order valence-corrected chi connectivity index (χ0v) is 10.9. The van der Waals surface area contributed by atoms with Crippen LogP contribution >= 0.6 is 0 Å². The fraction of sp³-hybridized carbons (Fsp3) is 0.923. The largest absolute Gasteiger partial charge is 0.376 e. The minimum Gasteiger partial charge on any atom is -0.376 e. The van der Waals surface area contributed by atoms with Gasteiger partial charge in [0.25, 0.3) is 0 Å². The number of ether oxygens (including phenoxy) is 1. The van der Waals surface area contributed by atoms with Crippen molar-refractivity contribution in [3.05, 3.63) is 0 Å². The van der Waals surface area contributed by atoms with Crippen molar-refractivity contribution in [2.75, 3.05) is 6.61 Å². The molecular formula is C13H24N2O2. The Morgan fingerprint density at radius 3 is 2.76 bits per heavy atom. The van der Waals surface area contributed by atoms with E-state index in [0.29, 0.717) is 5.92 Å². The fourth-order valence-corrected chi connectivity index (χ4v) is 3.03. The van der Waals surface area contributed by atoms with Gasteiger partial charge in [-0.25, -0.2) is 0 Å². The van der Waals surface area contributed by atoms with Gasteiger partial charge < -0.3 is 15.8 Å². The van der Waals surface area contributed by atoms with E-state index in [2.05, 4.69) is 12.2 Å². The number of hydrogen-bond acceptors (Lipinski definition) is 3. The standard InChI is InChI=1S/C13H24N2O2/c1-9-4-3-6-13(14,8-9)12(16)15-11-5-7-17-10(11)2/h9-11H,3-8,14H2,1-2H3,(H,15,16). The van der Waals surface area contributed by atoms with E-state index in [9.17, 15) is 4.79 Å². The maximum Gasteiger partial charge on any atom is 0.240 e. The molecule has 0 aromatic heterocycles. The van der Waals surface area contributed by atoms with E-state index >= 15 is 0 Å². The molecule has 4 unspecified atom stereocenters. The summed E-state index contributed by atoms with van der Waals surface area (Å²) in [6.45, 7) is 4.92. The zero-order valence-electron chi connectivity index (χ0n) is 10.9. The van der Waals surface area contributed by atoms with Gasteiger partial charge in [0.15, 0.2) is 0 Å². The monoisotopic (exact) mass is 240 g/mol. The lowest BCUT2D eigenvalue weighted by Gasteiger charge is -2.36. The molecule has 98 valence electrons. The lowest BCUT2D eigenvalue weighted by molar-refractivity contribution is -0.129. The predicted molar refractivity (Wildman–Crippen MR) is 66.5 cm³/mol. The van der Waals surface area contributed by atoms with Gasteiger partial charge in [-0.3, -0.25) is 4.79 Å². The first-order valence-electron chi connectivity index (χ1n) is 6.73. The Labute approximate surface area is 103 Å². The van der Waals surface area contributed by atoms with Crippen molar-refractivity contribution < 1.29 is 9.53 Å². The van der Waals surface area contributed by atoms with Gasteiger partial charge in [-0.1, -0.05) is 19.8 Å². The maximum atomic E-state index is 12.3. The van der Waals surface area contributed by atoms with Crippen molar-refractivity contribution in [1.82, 2.24) is 5.32 Å². The van der Waals surface area contributed by atoms with Crippen LogP contribution in [-0.2, 0) is 9.53 Å². The summed E-state index contributed by atoms with van der Waals surface area (Å²) in [6, 6.07) is 0.139. The Hall–Kier alpha value is -0.610. The third-order valence-corrected chi connectivity index (χ3v) is 4.18. The molecule has 4 atom stereocenters. The minimum atomic E-state index is -0.653. The molecule has 2 aliphatic rings. The molecule has 1 saturated heterocycles. The van der Waals surface area contributed by atoms with Gasteiger partial charge in [-0.05, 0) is 32.1 Å². The van der Waals surface area contributed by atoms with E-state index in [-0.39, 0.29) is 18.1 Å². The summed E-state index contributed by atoms with van der Waals surface area (Å²) in [5.74, 6) is 0.572. The van der Waals surface area contributed by atoms with Gasteiger partial charge >= 0.3 is 0 Å². The van der Waals surface area contributed by atoms with Crippen molar-refractivity contribution in [2.45, 2.75) is 63.6 Å². The number of nitrogens with one attached hydrogen (secondary N) is 1. The van der Waals surface area contributed by atoms with Crippen LogP contribution in [0.25, 0.3) is 0 Å². The molecule has 1 saturated carbocycles. The average molecular weight is 240 g/mol. The van der Waals surface area contributed by atoms with Crippen LogP contribution in [0.1, 0.15) is 46.0 Å². The lowest BCUT2D eigenvalue weighted by atomic mass is 9.76. The summed E-state index contributed by atoms with van der Waals surface area (Å²) in [6.07, 6.45) is 4.88. The Bertz CT molecular complexity index is 295. The first kappa shape index (κ1) is 12.8. The van der Waals surface area contributed by atoms with Gasteiger partial charge in [0.1, 0.15) is 0 Å². The summed E-state index contributed by atoms with van der Waals surface area (Å²) < 4.78 is 5.45. The molecular weight excluding hydrogens is 216 g/mol. The molecule has 1 heterocycles. The highest BCUT2D eigenvalue weighted by Gasteiger charge is 2.39. The molecule has 4 heteroatoms. The van der Waals surface area contributed by atoms with Crippen molar-refractivity contribution in [3.8, 4) is 0 Å². The number of rotatable bonds is 2. The first-order valence-corrected chi connectivity index (χ1v) is 6.73. The smallest absolute Gasteiger partial charge is 0.240 e. The van der Waals surface area contributed by atoms with Crippen LogP contribution in [0.3, 0.4) is 0 Å². The molecule has 1 amide bonds. The second-order valence-electron chi connectivity index (χ2n) is 5.80. The van der Waals surface area contributed by atoms with Gasteiger partial charge in [0.05, 0.1) is 17.7 Å². The molecule has 1 aliphatic carbocycles. The lowest BCUT2D eigenvalue weighted by Crippen LogP contribution is -2.58. The molecule has 0 bridgehead atoms. The Morgan fingerprint density at radius 2 is 2.18 bits per heavy atom. The quantitative estimate of drug-likeness (QED) is 0.762. The number of hydrogen-bond donors (Lipinski definition) is 2. The summed E-state index contributed by atoms with van der Waals surface area (Å²) in [4.78, 5) is 12.3. The Balaban J connectivity index is 1.94. The second kappa shape index (κ2) is 4.94. The van der Waals surface area contributed by atoms with Gasteiger partial charge in [0.2, 0.25) is 5.91 Å². The van der Waals surface area contributed by atoms with E-state index in [1.165, 1.54) is 6.42 Å². The van der Waals surface area contributed by atoms with Crippen LogP contribution in [0, 0.1) is 5.92 Å². The fourth-order valence-electron chi connectivity index (χ4n) is 3.03. The maximum absolute atomic E-state index is 12.3. The highest BCUT2D eigenvalue weighted by molar-refractivity contribution is 5.86. The van der Waals surface area contributed by atoms with Gasteiger partial charge in [-0.2, -0.15) is 0 Å². The van der Waals surface area contributed by atoms with Crippen LogP contribution in [-0.4, -0.2) is 30.2 Å². The minimum absolute atomic E-state index is 0.0198. The first-order chi connectivity index (χ1) is 8.01. The van der Waals surface area contributed by atoms with Crippen LogP contribution < -0.4 is 11.1 Å². The molecule has 2 rings (SSSR count). The SMILES string of the molecule is CC1CCCC(N)(C(=O)NC2CCOC2C)C1. The second-order valence-corrected chi connectivity index (χ2v) is 5.80. The Kier molecular flexibility index (Phi) is 3.73. The zero-order chi connectivity index (χ0) is 12.5. The Morgan fingerprint density at radius 1 is 1.41 bits per heavy atom. The third-order valence-electron chi connectivity index (χ3n) is 4.18. The van der Waals surface area contributed by atoms with Crippen LogP contribution in [0.5, 0.6) is 0 Å². The number of nitrogens with two attached hydrogens (primary N) is 1. The van der Waals surface area contributed by atoms with E-state index in [1.54, 1.807) is 0 Å². The van der Waals surface area contributed by atoms with Crippen LogP contribution in [0.4, 0.5) is 0 Å². The van der Waals surface area contributed by atoms with E-state index in [1.807, 2.05) is 6.92 Å². The molecule has 1 aliphatic heterocycles. The summed E-state index contributed by atoms with van der Waals surface area (Å²) >= 11 is 0. The molecule has 2 fully saturated rings. The number of carbonyl (C=O) groups excluding carboxylic acids is 1. The topological polar surface area (TPSA) is 64.4 Å². The normalized spacial score (nSPS) is 42.4. The molecule has 0 aromatic rings. The van der Waals surface area contributed by atoms with Gasteiger partial charge in [-0.15, -0.1) is 0 Å². The van der Waals surface area contributed by atoms with Crippen molar-refractivity contribution >= 4 is 5.91 Å². The highest BCUT2D eigenvalue weighted by atomic mass is 16.5. The predicted octanol–water partition coefficient (Wildman–Crippen LogP) is 1.19. The van der Waals surface area contributed by atoms with Crippen molar-refractivity contribution in [3.63, 3.8) is 0 Å². The van der Waals surface area contributed by atoms with Gasteiger partial charge in [0, 0.05) is 6.61 Å². The van der Waals surface area contributed by atoms with Crippen molar-refractivity contribution in [1.29, 1.82) is 0 Å². The number of carbonyl (C=O) groups is 1. The number of amides is 1. The van der Waals surface area contributed by atoms with E-state index < -0.39 is 5.54 Å². The molecule has 17 heavy (non-hydrogen) atoms. The molecule has 3 N–H and O–H groups in total. The van der Waals surface area contributed by atoms with Crippen molar-refractivity contribution in [2.24, 2.45) is 11.7 Å². The average Bonchev–Trinajstić information content (AvgIpc) is 2.64. The summed E-state index contributed by atoms with van der Waals surface area (Å²) in [5, 5.41) is 3.07. The highest BCUT2D eigenvalue weighted by Crippen LogP contribution is 2.31. The molecule has 0 radical (unpaired) electrons. The molecule has 0 spiro atoms. The van der Waals surface area contributed by atoms with E-state index in [4.69, 9.17) is 10.5 Å². The van der Waals surface area contributed by atoms with E-state index in [0.717, 1.165) is 32.3 Å². The van der Waals surface area contributed by atoms with Crippen LogP contribution in [0.15, 0.2) is 0 Å².